The second-order valence-corrected chi connectivity index (χ2v) is 9.31. The van der Waals surface area contributed by atoms with E-state index < -0.39 is 34.9 Å². The van der Waals surface area contributed by atoms with Crippen LogP contribution in [-0.2, 0) is 4.74 Å². The number of aromatic nitrogens is 1. The molecule has 1 atom stereocenters. The van der Waals surface area contributed by atoms with Crippen LogP contribution >= 0.6 is 0 Å². The van der Waals surface area contributed by atoms with E-state index in [-0.39, 0.29) is 0 Å². The van der Waals surface area contributed by atoms with Gasteiger partial charge < -0.3 is 10.1 Å². The molecule has 4 rings (SSSR count). The molecule has 0 radical (unpaired) electrons. The van der Waals surface area contributed by atoms with Crippen molar-refractivity contribution in [2.24, 2.45) is 0 Å². The number of carbonyl (C=O) groups excluding carboxylic acids is 1. The van der Waals surface area contributed by atoms with Crippen LogP contribution in [0.25, 0.3) is 27.8 Å². The fourth-order valence-corrected chi connectivity index (χ4v) is 4.14. The van der Waals surface area contributed by atoms with E-state index in [1.807, 2.05) is 6.07 Å². The van der Waals surface area contributed by atoms with E-state index in [1.165, 1.54) is 28.7 Å². The first kappa shape index (κ1) is 24.1. The normalized spacial score (nSPS) is 12.4. The zero-order valence-electron chi connectivity index (χ0n) is 19.9. The molecule has 4 aromatic rings. The Morgan fingerprint density at radius 2 is 1.49 bits per heavy atom. The molecule has 1 amide bonds. The number of hydrogen-bond acceptors (Lipinski definition) is 3. The Balaban J connectivity index is 2.07. The molecule has 2 aromatic heterocycles. The molecule has 0 spiro atoms. The lowest BCUT2D eigenvalue weighted by atomic mass is 9.88. The summed E-state index contributed by atoms with van der Waals surface area (Å²) >= 11 is 0. The van der Waals surface area contributed by atoms with E-state index in [0.29, 0.717) is 33.3 Å². The van der Waals surface area contributed by atoms with Crippen LogP contribution in [0.3, 0.4) is 0 Å². The number of ether oxygens (including phenoxy) is 1. The highest BCUT2D eigenvalue weighted by Gasteiger charge is 2.27. The summed E-state index contributed by atoms with van der Waals surface area (Å²) in [5.41, 5.74) is 1.88. The van der Waals surface area contributed by atoms with Gasteiger partial charge in [0, 0.05) is 11.8 Å². The Bertz CT molecular complexity index is 1440. The maximum atomic E-state index is 14.2. The molecule has 0 saturated heterocycles. The SMILES string of the molecule is C[C@H](NC(=O)OC(C)(C)C)c1c(-c2ccccc2)c(=O)n2cc(F)ccc2c1-c1ccc(F)cc1. The third-order valence-corrected chi connectivity index (χ3v) is 5.50. The highest BCUT2D eigenvalue weighted by molar-refractivity contribution is 5.89. The van der Waals surface area contributed by atoms with Gasteiger partial charge in [-0.05, 0) is 68.7 Å². The number of fused-ring (bicyclic) bond motifs is 1. The van der Waals surface area contributed by atoms with E-state index in [2.05, 4.69) is 5.32 Å². The van der Waals surface area contributed by atoms with Crippen molar-refractivity contribution < 1.29 is 18.3 Å². The molecule has 35 heavy (non-hydrogen) atoms. The molecule has 0 unspecified atom stereocenters. The van der Waals surface area contributed by atoms with Gasteiger partial charge in [-0.15, -0.1) is 0 Å². The Labute approximate surface area is 202 Å². The number of hydrogen-bond donors (Lipinski definition) is 1. The lowest BCUT2D eigenvalue weighted by Gasteiger charge is -2.26. The van der Waals surface area contributed by atoms with E-state index in [0.717, 1.165) is 6.20 Å². The van der Waals surface area contributed by atoms with Gasteiger partial charge in [0.05, 0.1) is 17.1 Å². The Kier molecular flexibility index (Phi) is 6.43. The molecule has 0 fully saturated rings. The topological polar surface area (TPSA) is 59.8 Å². The molecule has 0 aliphatic rings. The first-order valence-electron chi connectivity index (χ1n) is 11.2. The lowest BCUT2D eigenvalue weighted by Crippen LogP contribution is -2.35. The van der Waals surface area contributed by atoms with Crippen molar-refractivity contribution >= 4 is 11.6 Å². The van der Waals surface area contributed by atoms with Crippen molar-refractivity contribution in [3.05, 3.63) is 100 Å². The van der Waals surface area contributed by atoms with E-state index in [9.17, 15) is 18.4 Å². The minimum atomic E-state index is -0.716. The molecule has 2 aromatic carbocycles. The van der Waals surface area contributed by atoms with Gasteiger partial charge in [-0.2, -0.15) is 0 Å². The first-order chi connectivity index (χ1) is 16.5. The van der Waals surface area contributed by atoms with Crippen LogP contribution in [0.1, 0.15) is 39.3 Å². The quantitative estimate of drug-likeness (QED) is 0.366. The number of pyridine rings is 2. The van der Waals surface area contributed by atoms with E-state index in [1.54, 1.807) is 64.1 Å². The third-order valence-electron chi connectivity index (χ3n) is 5.50. The number of nitrogens with zero attached hydrogens (tertiary/aromatic N) is 1. The summed E-state index contributed by atoms with van der Waals surface area (Å²) < 4.78 is 34.7. The van der Waals surface area contributed by atoms with Gasteiger partial charge >= 0.3 is 6.09 Å². The minimum absolute atomic E-state index is 0.302. The zero-order chi connectivity index (χ0) is 25.3. The second-order valence-electron chi connectivity index (χ2n) is 9.31. The van der Waals surface area contributed by atoms with Gasteiger partial charge in [0.1, 0.15) is 17.2 Å². The Morgan fingerprint density at radius 3 is 2.11 bits per heavy atom. The van der Waals surface area contributed by atoms with Crippen LogP contribution in [0.5, 0.6) is 0 Å². The summed E-state index contributed by atoms with van der Waals surface area (Å²) in [6, 6.07) is 16.9. The van der Waals surface area contributed by atoms with Crippen LogP contribution in [0.4, 0.5) is 13.6 Å². The molecule has 0 aliphatic heterocycles. The molecule has 1 N–H and O–H groups in total. The standard InChI is InChI=1S/C28H26F2N2O3/c1-17(31-27(34)35-28(2,3)4)23-24(19-10-12-20(29)13-11-19)22-15-14-21(30)16-32(22)26(33)25(23)18-8-6-5-7-9-18/h5-17H,1-4H3,(H,31,34)/t17-/m0/s1. The molecular weight excluding hydrogens is 450 g/mol. The van der Waals surface area contributed by atoms with Crippen molar-refractivity contribution in [2.75, 3.05) is 0 Å². The van der Waals surface area contributed by atoms with E-state index >= 15 is 0 Å². The highest BCUT2D eigenvalue weighted by Crippen LogP contribution is 2.37. The third kappa shape index (κ3) is 5.09. The van der Waals surface area contributed by atoms with Crippen LogP contribution in [0.15, 0.2) is 77.7 Å². The van der Waals surface area contributed by atoms with Crippen LogP contribution in [-0.4, -0.2) is 16.1 Å². The van der Waals surface area contributed by atoms with Gasteiger partial charge in [-0.3, -0.25) is 9.20 Å². The van der Waals surface area contributed by atoms with Crippen molar-refractivity contribution in [2.45, 2.75) is 39.3 Å². The maximum Gasteiger partial charge on any atom is 0.408 e. The van der Waals surface area contributed by atoms with Crippen LogP contribution in [0, 0.1) is 11.6 Å². The zero-order valence-corrected chi connectivity index (χ0v) is 19.9. The molecule has 0 aliphatic carbocycles. The highest BCUT2D eigenvalue weighted by atomic mass is 19.1. The van der Waals surface area contributed by atoms with Crippen molar-refractivity contribution in [1.82, 2.24) is 9.72 Å². The van der Waals surface area contributed by atoms with Gasteiger partial charge in [0.25, 0.3) is 5.56 Å². The molecule has 2 heterocycles. The van der Waals surface area contributed by atoms with E-state index in [4.69, 9.17) is 4.74 Å². The van der Waals surface area contributed by atoms with Gasteiger partial charge in [-0.1, -0.05) is 42.5 Å². The number of nitrogens with one attached hydrogen (secondary N) is 1. The van der Waals surface area contributed by atoms with Gasteiger partial charge in [0.15, 0.2) is 0 Å². The molecule has 5 nitrogen and oxygen atoms in total. The number of halogens is 2. The average Bonchev–Trinajstić information content (AvgIpc) is 2.79. The number of rotatable bonds is 4. The van der Waals surface area contributed by atoms with Gasteiger partial charge in [-0.25, -0.2) is 13.6 Å². The molecule has 0 bridgehead atoms. The average molecular weight is 477 g/mol. The predicted molar refractivity (Wildman–Crippen MR) is 132 cm³/mol. The minimum Gasteiger partial charge on any atom is -0.444 e. The summed E-state index contributed by atoms with van der Waals surface area (Å²) in [4.78, 5) is 26.4. The molecule has 0 saturated carbocycles. The Morgan fingerprint density at radius 1 is 0.886 bits per heavy atom. The van der Waals surface area contributed by atoms with Gasteiger partial charge in [0.2, 0.25) is 0 Å². The fraction of sp³-hybridized carbons (Fsp3) is 0.214. The number of benzene rings is 2. The van der Waals surface area contributed by atoms with Crippen molar-refractivity contribution in [3.8, 4) is 22.3 Å². The maximum absolute atomic E-state index is 14.2. The largest absolute Gasteiger partial charge is 0.444 e. The van der Waals surface area contributed by atoms with Crippen molar-refractivity contribution in [3.63, 3.8) is 0 Å². The predicted octanol–water partition coefficient (Wildman–Crippen LogP) is 6.50. The molecular formula is C28H26F2N2O3. The summed E-state index contributed by atoms with van der Waals surface area (Å²) in [5, 5.41) is 2.83. The molecule has 7 heteroatoms. The summed E-state index contributed by atoms with van der Waals surface area (Å²) in [7, 11) is 0. The molecule has 180 valence electrons. The van der Waals surface area contributed by atoms with Crippen LogP contribution < -0.4 is 10.9 Å². The summed E-state index contributed by atoms with van der Waals surface area (Å²) in [5.74, 6) is -0.988. The van der Waals surface area contributed by atoms with Crippen LogP contribution in [0.2, 0.25) is 0 Å². The van der Waals surface area contributed by atoms with Crippen molar-refractivity contribution in [1.29, 1.82) is 0 Å². The number of amides is 1. The fourth-order valence-electron chi connectivity index (χ4n) is 4.14. The lowest BCUT2D eigenvalue weighted by molar-refractivity contribution is 0.0508. The first-order valence-corrected chi connectivity index (χ1v) is 11.2. The Hall–Kier alpha value is -4.00. The number of carbonyl (C=O) groups is 1. The smallest absolute Gasteiger partial charge is 0.408 e. The summed E-state index contributed by atoms with van der Waals surface area (Å²) in [6.45, 7) is 7.02. The second kappa shape index (κ2) is 9.33. The summed E-state index contributed by atoms with van der Waals surface area (Å²) in [6.07, 6.45) is 0.487. The monoisotopic (exact) mass is 476 g/mol. The number of alkyl carbamates (subject to hydrolysis) is 1.